The van der Waals surface area contributed by atoms with Crippen molar-refractivity contribution in [3.05, 3.63) is 41.6 Å². The summed E-state index contributed by atoms with van der Waals surface area (Å²) in [5.74, 6) is 0.988. The van der Waals surface area contributed by atoms with E-state index in [-0.39, 0.29) is 12.1 Å². The molecule has 0 spiro atoms. The summed E-state index contributed by atoms with van der Waals surface area (Å²) in [7, 11) is 2.39. The molecule has 0 bridgehead atoms. The summed E-state index contributed by atoms with van der Waals surface area (Å²) in [6.07, 6.45) is 4.05. The Bertz CT molecular complexity index is 722. The Balaban J connectivity index is 1.61. The summed E-state index contributed by atoms with van der Waals surface area (Å²) >= 11 is 6.47. The van der Waals surface area contributed by atoms with E-state index in [1.165, 1.54) is 5.56 Å². The molecule has 2 aliphatic rings. The van der Waals surface area contributed by atoms with Gasteiger partial charge < -0.3 is 15.4 Å². The fourth-order valence-corrected chi connectivity index (χ4v) is 5.65. The average Bonchev–Trinajstić information content (AvgIpc) is 2.60. The van der Waals surface area contributed by atoms with Gasteiger partial charge in [-0.2, -0.15) is 0 Å². The van der Waals surface area contributed by atoms with Crippen LogP contribution in [0.4, 0.5) is 4.79 Å². The predicted octanol–water partition coefficient (Wildman–Crippen LogP) is 2.14. The van der Waals surface area contributed by atoms with Crippen molar-refractivity contribution in [1.29, 1.82) is 0 Å². The first-order chi connectivity index (χ1) is 12.1. The molecule has 2 heterocycles. The Morgan fingerprint density at radius 3 is 3.00 bits per heavy atom. The van der Waals surface area contributed by atoms with Crippen LogP contribution in [0.5, 0.6) is 5.75 Å². The number of rotatable bonds is 4. The van der Waals surface area contributed by atoms with E-state index in [9.17, 15) is 4.79 Å². The highest BCUT2D eigenvalue weighted by molar-refractivity contribution is 7.59. The molecule has 0 aliphatic carbocycles. The Kier molecular flexibility index (Phi) is 6.07. The smallest absolute Gasteiger partial charge is 0.318 e. The molecule has 136 valence electrons. The van der Waals surface area contributed by atoms with Crippen molar-refractivity contribution in [3.63, 3.8) is 0 Å². The lowest BCUT2D eigenvalue weighted by Gasteiger charge is -2.31. The number of carbonyl (C=O) groups excluding carboxylic acids is 1. The molecular weight excluding hydrogens is 359 g/mol. The van der Waals surface area contributed by atoms with Crippen LogP contribution >= 0.6 is 19.4 Å². The fraction of sp³-hybridized carbons (Fsp3) is 0.412. The van der Waals surface area contributed by atoms with Crippen molar-refractivity contribution in [1.82, 2.24) is 20.4 Å². The van der Waals surface area contributed by atoms with Crippen LogP contribution in [-0.4, -0.2) is 48.7 Å². The molecule has 0 radical (unpaired) electrons. The molecule has 1 aromatic carbocycles. The van der Waals surface area contributed by atoms with Gasteiger partial charge in [0.25, 0.3) is 0 Å². The zero-order chi connectivity index (χ0) is 17.8. The normalized spacial score (nSPS) is 23.3. The maximum Gasteiger partial charge on any atom is 0.318 e. The molecule has 0 saturated carbocycles. The van der Waals surface area contributed by atoms with Crippen molar-refractivity contribution in [2.24, 2.45) is 0 Å². The monoisotopic (exact) mass is 382 g/mol. The standard InChI is InChI=1S/C17H24ClN4O2P/c1-19-17(23)21-13-9-16(18)25(22(2)11-13)20-10-14-8-7-12-5-3-4-6-15(12)24-14/h3-6,9,14,20,25H,7-8,10-11H2,1-2H3,(H2,19,21,23). The maximum atomic E-state index is 11.5. The van der Waals surface area contributed by atoms with Gasteiger partial charge in [0.05, 0.1) is 4.75 Å². The van der Waals surface area contributed by atoms with Crippen LogP contribution in [0.15, 0.2) is 36.0 Å². The summed E-state index contributed by atoms with van der Waals surface area (Å²) in [4.78, 5) is 11.5. The maximum absolute atomic E-state index is 11.5. The molecule has 1 aromatic rings. The number of allylic oxidation sites excluding steroid dienone is 1. The van der Waals surface area contributed by atoms with Crippen molar-refractivity contribution in [2.45, 2.75) is 18.9 Å². The SMILES string of the molecule is CNC(=O)NC1=CC(Cl)=[PH](NCC2CCc3ccccc3O2)N(C)C1. The minimum atomic E-state index is -1.22. The first-order valence-electron chi connectivity index (χ1n) is 8.35. The number of amides is 2. The topological polar surface area (TPSA) is 65.6 Å². The minimum Gasteiger partial charge on any atom is -0.489 e. The fourth-order valence-electron chi connectivity index (χ4n) is 3.02. The van der Waals surface area contributed by atoms with Crippen LogP contribution in [0.25, 0.3) is 0 Å². The van der Waals surface area contributed by atoms with Crippen molar-refractivity contribution < 1.29 is 9.53 Å². The molecule has 2 aliphatic heterocycles. The van der Waals surface area contributed by atoms with E-state index in [1.54, 1.807) is 7.05 Å². The van der Waals surface area contributed by atoms with E-state index in [1.807, 2.05) is 31.3 Å². The summed E-state index contributed by atoms with van der Waals surface area (Å²) in [6, 6.07) is 7.97. The van der Waals surface area contributed by atoms with Gasteiger partial charge in [-0.3, -0.25) is 9.76 Å². The third-order valence-corrected chi connectivity index (χ3v) is 7.02. The van der Waals surface area contributed by atoms with E-state index >= 15 is 0 Å². The van der Waals surface area contributed by atoms with Gasteiger partial charge in [-0.1, -0.05) is 29.8 Å². The summed E-state index contributed by atoms with van der Waals surface area (Å²) in [5.41, 5.74) is 2.07. The lowest BCUT2D eigenvalue weighted by molar-refractivity contribution is 0.177. The summed E-state index contributed by atoms with van der Waals surface area (Å²) < 4.78 is 9.00. The molecule has 0 saturated heterocycles. The number of likely N-dealkylation sites (N-methyl/N-ethyl adjacent to an activating group) is 1. The van der Waals surface area contributed by atoms with Crippen LogP contribution < -0.4 is 20.5 Å². The second-order valence-corrected chi connectivity index (χ2v) is 9.27. The number of hydrogen-bond acceptors (Lipinski definition) is 4. The average molecular weight is 383 g/mol. The Morgan fingerprint density at radius 1 is 1.44 bits per heavy atom. The molecule has 8 heteroatoms. The first kappa shape index (κ1) is 18.3. The quantitative estimate of drug-likeness (QED) is 0.698. The molecular formula is C17H24ClN4O2P. The largest absolute Gasteiger partial charge is 0.489 e. The number of urea groups is 1. The van der Waals surface area contributed by atoms with Gasteiger partial charge in [0.2, 0.25) is 0 Å². The second-order valence-electron chi connectivity index (χ2n) is 6.19. The number of hydrogen-bond donors (Lipinski definition) is 3. The third-order valence-electron chi connectivity index (χ3n) is 4.32. The van der Waals surface area contributed by atoms with Crippen LogP contribution in [0.3, 0.4) is 0 Å². The van der Waals surface area contributed by atoms with Gasteiger partial charge in [-0.25, -0.2) is 4.79 Å². The molecule has 0 fully saturated rings. The number of aryl methyl sites for hydroxylation is 1. The molecule has 0 aromatic heterocycles. The van der Waals surface area contributed by atoms with Gasteiger partial charge in [0.1, 0.15) is 11.9 Å². The van der Waals surface area contributed by atoms with E-state index in [0.717, 1.165) is 35.6 Å². The Labute approximate surface area is 154 Å². The second kappa shape index (κ2) is 8.28. The predicted molar refractivity (Wildman–Crippen MR) is 105 cm³/mol. The van der Waals surface area contributed by atoms with Crippen LogP contribution in [0.2, 0.25) is 0 Å². The Hall–Kier alpha value is -1.46. The molecule has 25 heavy (non-hydrogen) atoms. The first-order valence-corrected chi connectivity index (χ1v) is 10.2. The number of fused-ring (bicyclic) bond motifs is 1. The van der Waals surface area contributed by atoms with Crippen molar-refractivity contribution in [2.75, 3.05) is 27.2 Å². The lowest BCUT2D eigenvalue weighted by atomic mass is 10.0. The summed E-state index contributed by atoms with van der Waals surface area (Å²) in [6.45, 7) is 1.41. The van der Waals surface area contributed by atoms with Gasteiger partial charge in [0.15, 0.2) is 0 Å². The number of nitrogens with one attached hydrogen (secondary N) is 3. The van der Waals surface area contributed by atoms with E-state index in [0.29, 0.717) is 6.54 Å². The number of halogens is 1. The molecule has 3 N–H and O–H groups in total. The number of carbonyl (C=O) groups is 1. The zero-order valence-corrected chi connectivity index (χ0v) is 16.2. The highest BCUT2D eigenvalue weighted by Crippen LogP contribution is 2.32. The minimum absolute atomic E-state index is 0.152. The van der Waals surface area contributed by atoms with Crippen molar-refractivity contribution in [3.8, 4) is 5.75 Å². The van der Waals surface area contributed by atoms with Crippen LogP contribution in [0, 0.1) is 0 Å². The number of ether oxygens (including phenoxy) is 1. The Morgan fingerprint density at radius 2 is 2.24 bits per heavy atom. The molecule has 2 atom stereocenters. The highest BCUT2D eigenvalue weighted by Gasteiger charge is 2.22. The van der Waals surface area contributed by atoms with E-state index in [4.69, 9.17) is 16.3 Å². The molecule has 3 rings (SSSR count). The molecule has 2 unspecified atom stereocenters. The summed E-state index contributed by atoms with van der Waals surface area (Å²) in [5, 5.41) is 8.91. The lowest BCUT2D eigenvalue weighted by Crippen LogP contribution is -2.39. The number of benzene rings is 1. The van der Waals surface area contributed by atoms with Crippen molar-refractivity contribution >= 4 is 30.2 Å². The number of nitrogens with zero attached hydrogens (tertiary/aromatic N) is 1. The van der Waals surface area contributed by atoms with Gasteiger partial charge in [-0.15, -0.1) is 0 Å². The third kappa shape index (κ3) is 4.59. The van der Waals surface area contributed by atoms with E-state index < -0.39 is 7.85 Å². The molecule has 6 nitrogen and oxygen atoms in total. The zero-order valence-electron chi connectivity index (χ0n) is 14.4. The van der Waals surface area contributed by atoms with E-state index in [2.05, 4.69) is 26.5 Å². The van der Waals surface area contributed by atoms with Gasteiger partial charge >= 0.3 is 6.03 Å². The van der Waals surface area contributed by atoms with Crippen LogP contribution in [-0.2, 0) is 6.42 Å². The highest BCUT2D eigenvalue weighted by atomic mass is 35.5. The number of para-hydroxylation sites is 1. The van der Waals surface area contributed by atoms with Gasteiger partial charge in [-0.05, 0) is 37.6 Å². The van der Waals surface area contributed by atoms with Gasteiger partial charge in [0, 0.05) is 33.7 Å². The molecule has 2 amide bonds. The van der Waals surface area contributed by atoms with Crippen LogP contribution in [0.1, 0.15) is 12.0 Å².